The van der Waals surface area contributed by atoms with Crippen molar-refractivity contribution in [3.63, 3.8) is 0 Å². The molecule has 9 nitrogen and oxygen atoms in total. The number of hydrogen-bond acceptors (Lipinski definition) is 9. The van der Waals surface area contributed by atoms with Crippen molar-refractivity contribution in [2.75, 3.05) is 57.8 Å². The summed E-state index contributed by atoms with van der Waals surface area (Å²) in [5.74, 6) is 2.45. The molecule has 2 aliphatic heterocycles. The highest BCUT2D eigenvalue weighted by molar-refractivity contribution is 6.41. The number of nitrogens with one attached hydrogen (secondary N) is 2. The molecular weight excluding hydrogens is 493 g/mol. The third kappa shape index (κ3) is 5.04. The van der Waals surface area contributed by atoms with Gasteiger partial charge in [0.05, 0.1) is 55.8 Å². The Morgan fingerprint density at radius 2 is 1.80 bits per heavy atom. The number of methoxy groups -OCH3 is 2. The quantitative estimate of drug-likeness (QED) is 0.439. The van der Waals surface area contributed by atoms with E-state index in [1.54, 1.807) is 26.5 Å². The molecule has 0 bridgehead atoms. The first-order valence-electron chi connectivity index (χ1n) is 11.5. The normalized spacial score (nSPS) is 18.2. The van der Waals surface area contributed by atoms with Gasteiger partial charge in [-0.25, -0.2) is 15.0 Å². The topological polar surface area (TPSA) is 99.7 Å². The Balaban J connectivity index is 1.58. The maximum atomic E-state index is 6.68. The van der Waals surface area contributed by atoms with Gasteiger partial charge in [0.25, 0.3) is 0 Å². The largest absolute Gasteiger partial charge is 0.495 e. The van der Waals surface area contributed by atoms with Crippen molar-refractivity contribution in [1.29, 1.82) is 0 Å². The van der Waals surface area contributed by atoms with Gasteiger partial charge < -0.3 is 29.6 Å². The predicted molar refractivity (Wildman–Crippen MR) is 136 cm³/mol. The third-order valence-corrected chi connectivity index (χ3v) is 6.90. The van der Waals surface area contributed by atoms with Crippen LogP contribution in [0.25, 0.3) is 22.2 Å². The molecule has 3 aromatic rings. The van der Waals surface area contributed by atoms with E-state index in [0.29, 0.717) is 69.2 Å². The van der Waals surface area contributed by atoms with Crippen molar-refractivity contribution in [2.24, 2.45) is 5.92 Å². The fraction of sp³-hybridized carbons (Fsp3) is 0.458. The Hall–Kier alpha value is -2.59. The minimum Gasteiger partial charge on any atom is -0.495 e. The van der Waals surface area contributed by atoms with E-state index in [4.69, 9.17) is 52.1 Å². The standard InChI is InChI=1S/C24H27Cl2N5O4/c1-32-17-7-18(33-2)21(26)19(20(17)25)16-6-14-9-28-24(29-15-4-3-5-34-12-15)31-22(14)23(30-16)27-8-13-10-35-11-13/h6-7,9,13,15H,3-5,8,10-12H2,1-2H3,(H,27,30)(H,28,29,31). The number of fused-ring (bicyclic) bond motifs is 1. The van der Waals surface area contributed by atoms with E-state index in [1.807, 2.05) is 6.07 Å². The van der Waals surface area contributed by atoms with E-state index >= 15 is 0 Å². The zero-order chi connectivity index (χ0) is 24.4. The molecule has 1 aromatic carbocycles. The van der Waals surface area contributed by atoms with E-state index in [9.17, 15) is 0 Å². The number of anilines is 2. The lowest BCUT2D eigenvalue weighted by molar-refractivity contribution is -0.0248. The van der Waals surface area contributed by atoms with Crippen molar-refractivity contribution in [1.82, 2.24) is 15.0 Å². The first-order valence-corrected chi connectivity index (χ1v) is 12.3. The average Bonchev–Trinajstić information content (AvgIpc) is 2.84. The molecule has 0 saturated carbocycles. The van der Waals surface area contributed by atoms with Crippen LogP contribution in [0.5, 0.6) is 11.5 Å². The summed E-state index contributed by atoms with van der Waals surface area (Å²) < 4.78 is 21.8. The van der Waals surface area contributed by atoms with Gasteiger partial charge in [-0.1, -0.05) is 23.2 Å². The molecule has 35 heavy (non-hydrogen) atoms. The Kier molecular flexibility index (Phi) is 7.29. The summed E-state index contributed by atoms with van der Waals surface area (Å²) in [4.78, 5) is 14.2. The fourth-order valence-corrected chi connectivity index (χ4v) is 4.85. The summed E-state index contributed by atoms with van der Waals surface area (Å²) in [6, 6.07) is 3.70. The molecule has 186 valence electrons. The first-order chi connectivity index (χ1) is 17.1. The molecule has 1 unspecified atom stereocenters. The Morgan fingerprint density at radius 1 is 1.03 bits per heavy atom. The van der Waals surface area contributed by atoms with Gasteiger partial charge in [-0.3, -0.25) is 0 Å². The highest BCUT2D eigenvalue weighted by Gasteiger charge is 2.23. The van der Waals surface area contributed by atoms with Crippen molar-refractivity contribution < 1.29 is 18.9 Å². The molecule has 1 atom stereocenters. The molecule has 2 aromatic heterocycles. The van der Waals surface area contributed by atoms with Crippen LogP contribution in [0.1, 0.15) is 12.8 Å². The maximum absolute atomic E-state index is 6.68. The smallest absolute Gasteiger partial charge is 0.223 e. The van der Waals surface area contributed by atoms with Gasteiger partial charge in [0, 0.05) is 42.3 Å². The molecule has 0 spiro atoms. The van der Waals surface area contributed by atoms with Crippen LogP contribution in [-0.2, 0) is 9.47 Å². The van der Waals surface area contributed by atoms with Crippen molar-refractivity contribution in [2.45, 2.75) is 18.9 Å². The molecule has 4 heterocycles. The number of benzene rings is 1. The average molecular weight is 520 g/mol. The summed E-state index contributed by atoms with van der Waals surface area (Å²) in [6.07, 6.45) is 3.80. The SMILES string of the molecule is COc1cc(OC)c(Cl)c(-c2cc3cnc(NC4CCCOC4)nc3c(NCC3COC3)n2)c1Cl. The minimum atomic E-state index is 0.179. The number of nitrogens with zero attached hydrogens (tertiary/aromatic N) is 3. The second-order valence-electron chi connectivity index (χ2n) is 8.61. The predicted octanol–water partition coefficient (Wildman–Crippen LogP) is 4.67. The second kappa shape index (κ2) is 10.6. The van der Waals surface area contributed by atoms with Crippen LogP contribution < -0.4 is 20.1 Å². The number of halogens is 2. The van der Waals surface area contributed by atoms with E-state index in [1.165, 1.54) is 0 Å². The molecule has 0 aliphatic carbocycles. The van der Waals surface area contributed by atoms with E-state index < -0.39 is 0 Å². The van der Waals surface area contributed by atoms with Gasteiger partial charge in [-0.15, -0.1) is 0 Å². The number of rotatable bonds is 8. The van der Waals surface area contributed by atoms with E-state index in [-0.39, 0.29) is 6.04 Å². The molecular formula is C24H27Cl2N5O4. The van der Waals surface area contributed by atoms with Gasteiger partial charge in [0.15, 0.2) is 5.82 Å². The zero-order valence-corrected chi connectivity index (χ0v) is 21.1. The molecule has 0 amide bonds. The van der Waals surface area contributed by atoms with Crippen LogP contribution >= 0.6 is 23.2 Å². The van der Waals surface area contributed by atoms with Gasteiger partial charge >= 0.3 is 0 Å². The number of aromatic nitrogens is 3. The number of pyridine rings is 1. The summed E-state index contributed by atoms with van der Waals surface area (Å²) >= 11 is 13.4. The van der Waals surface area contributed by atoms with Crippen LogP contribution in [0.15, 0.2) is 18.3 Å². The molecule has 11 heteroatoms. The summed E-state index contributed by atoms with van der Waals surface area (Å²) in [6.45, 7) is 3.58. The third-order valence-electron chi connectivity index (χ3n) is 6.15. The number of hydrogen-bond donors (Lipinski definition) is 2. The Bertz CT molecular complexity index is 1190. The van der Waals surface area contributed by atoms with Gasteiger partial charge in [0.2, 0.25) is 5.95 Å². The van der Waals surface area contributed by atoms with Gasteiger partial charge in [0.1, 0.15) is 17.0 Å². The van der Waals surface area contributed by atoms with Crippen LogP contribution in [0.3, 0.4) is 0 Å². The molecule has 2 saturated heterocycles. The fourth-order valence-electron chi connectivity index (χ4n) is 4.15. The maximum Gasteiger partial charge on any atom is 0.223 e. The van der Waals surface area contributed by atoms with Crippen molar-refractivity contribution in [3.05, 3.63) is 28.4 Å². The first kappa shape index (κ1) is 24.1. The minimum absolute atomic E-state index is 0.179. The van der Waals surface area contributed by atoms with Crippen molar-refractivity contribution >= 4 is 45.9 Å². The molecule has 0 radical (unpaired) electrons. The second-order valence-corrected chi connectivity index (χ2v) is 9.37. The molecule has 2 fully saturated rings. The van der Waals surface area contributed by atoms with Gasteiger partial charge in [-0.2, -0.15) is 0 Å². The van der Waals surface area contributed by atoms with Crippen LogP contribution in [0.4, 0.5) is 11.8 Å². The molecule has 2 N–H and O–H groups in total. The Labute approximate surface area is 213 Å². The van der Waals surface area contributed by atoms with E-state index in [2.05, 4.69) is 15.6 Å². The van der Waals surface area contributed by atoms with Crippen molar-refractivity contribution in [3.8, 4) is 22.8 Å². The van der Waals surface area contributed by atoms with Gasteiger partial charge in [-0.05, 0) is 18.9 Å². The van der Waals surface area contributed by atoms with Crippen LogP contribution in [0.2, 0.25) is 10.0 Å². The lowest BCUT2D eigenvalue weighted by Gasteiger charge is -2.26. The summed E-state index contributed by atoms with van der Waals surface area (Å²) in [5.41, 5.74) is 1.77. The zero-order valence-electron chi connectivity index (χ0n) is 19.6. The highest BCUT2D eigenvalue weighted by Crippen LogP contribution is 2.46. The summed E-state index contributed by atoms with van der Waals surface area (Å²) in [5, 5.41) is 8.32. The van der Waals surface area contributed by atoms with E-state index in [0.717, 1.165) is 38.0 Å². The highest BCUT2D eigenvalue weighted by atomic mass is 35.5. The van der Waals surface area contributed by atoms with Crippen LogP contribution in [0, 0.1) is 5.92 Å². The summed E-state index contributed by atoms with van der Waals surface area (Å²) in [7, 11) is 3.08. The Morgan fingerprint density at radius 3 is 2.43 bits per heavy atom. The lowest BCUT2D eigenvalue weighted by atomic mass is 10.1. The monoisotopic (exact) mass is 519 g/mol. The molecule has 5 rings (SSSR count). The number of ether oxygens (including phenoxy) is 4. The lowest BCUT2D eigenvalue weighted by Crippen LogP contribution is -2.33. The van der Waals surface area contributed by atoms with Crippen LogP contribution in [-0.4, -0.2) is 68.2 Å². The molecule has 2 aliphatic rings.